The third-order valence-electron chi connectivity index (χ3n) is 2.70. The van der Waals surface area contributed by atoms with Crippen LogP contribution in [-0.2, 0) is 4.74 Å². The Morgan fingerprint density at radius 2 is 2.18 bits per heavy atom. The van der Waals surface area contributed by atoms with E-state index >= 15 is 0 Å². The van der Waals surface area contributed by atoms with Gasteiger partial charge in [-0.05, 0) is 0 Å². The van der Waals surface area contributed by atoms with E-state index < -0.39 is 29.8 Å². The Bertz CT molecular complexity index is 389. The second-order valence-corrected chi connectivity index (χ2v) is 4.35. The van der Waals surface area contributed by atoms with E-state index in [-0.39, 0.29) is 12.4 Å². The second kappa shape index (κ2) is 4.78. The molecule has 5 N–H and O–H groups in total. The van der Waals surface area contributed by atoms with Crippen molar-refractivity contribution in [3.63, 3.8) is 0 Å². The van der Waals surface area contributed by atoms with Crippen LogP contribution in [0.1, 0.15) is 6.04 Å². The number of ether oxygens (including phenoxy) is 1. The first-order valence-corrected chi connectivity index (χ1v) is 5.54. The number of aliphatic hydroxyl groups excluding tert-OH is 3. The van der Waals surface area contributed by atoms with Gasteiger partial charge in [0.05, 0.1) is 12.8 Å². The highest BCUT2D eigenvalue weighted by molar-refractivity contribution is 7.80. The molecule has 0 radical (unpaired) electrons. The van der Waals surface area contributed by atoms with Gasteiger partial charge < -0.3 is 25.8 Å². The second-order valence-electron chi connectivity index (χ2n) is 3.84. The molecule has 2 rings (SSSR count). The van der Waals surface area contributed by atoms with Gasteiger partial charge in [-0.3, -0.25) is 0 Å². The van der Waals surface area contributed by atoms with E-state index in [1.54, 1.807) is 0 Å². The average molecular weight is 262 g/mol. The fraction of sp³-hybridized carbons (Fsp3) is 0.750. The molecule has 0 saturated carbocycles. The van der Waals surface area contributed by atoms with E-state index in [2.05, 4.69) is 22.9 Å². The number of aromatic nitrogens is 3. The minimum absolute atomic E-state index is 0.173. The molecule has 9 heteroatoms. The third kappa shape index (κ3) is 2.24. The molecule has 1 saturated heterocycles. The predicted molar refractivity (Wildman–Crippen MR) is 60.2 cm³/mol. The Kier molecular flexibility index (Phi) is 3.54. The van der Waals surface area contributed by atoms with Crippen molar-refractivity contribution >= 4 is 18.4 Å². The third-order valence-corrected chi connectivity index (χ3v) is 3.13. The zero-order valence-corrected chi connectivity index (χ0v) is 9.68. The average Bonchev–Trinajstić information content (AvgIpc) is 2.70. The van der Waals surface area contributed by atoms with Gasteiger partial charge in [0.2, 0.25) is 0 Å². The summed E-state index contributed by atoms with van der Waals surface area (Å²) in [4.78, 5) is 0. The summed E-state index contributed by atoms with van der Waals surface area (Å²) >= 11 is 4.04. The van der Waals surface area contributed by atoms with Gasteiger partial charge in [0.25, 0.3) is 0 Å². The fourth-order valence-electron chi connectivity index (χ4n) is 1.83. The number of anilines is 1. The van der Waals surface area contributed by atoms with E-state index in [0.717, 1.165) is 0 Å². The van der Waals surface area contributed by atoms with Gasteiger partial charge >= 0.3 is 0 Å². The smallest absolute Gasteiger partial charge is 0.165 e. The largest absolute Gasteiger partial charge is 0.394 e. The molecule has 96 valence electrons. The highest BCUT2D eigenvalue weighted by Gasteiger charge is 2.44. The van der Waals surface area contributed by atoms with E-state index in [1.807, 2.05) is 0 Å². The molecule has 1 aromatic rings. The Balaban J connectivity index is 2.28. The Labute approximate surface area is 102 Å². The van der Waals surface area contributed by atoms with Crippen LogP contribution in [0.5, 0.6) is 0 Å². The summed E-state index contributed by atoms with van der Waals surface area (Å²) in [5.41, 5.74) is 4.59. The number of nitrogens with zero attached hydrogens (tertiary/aromatic N) is 3. The Morgan fingerprint density at radius 1 is 1.47 bits per heavy atom. The van der Waals surface area contributed by atoms with Crippen molar-refractivity contribution in [3.05, 3.63) is 6.20 Å². The number of nitrogens with two attached hydrogens (primary N) is 1. The minimum atomic E-state index is -1.13. The standard InChI is InChI=1S/C8H14N4O4S/c9-4-1-12(11-10-4)5-6(14)3(2-13)16-8(17)7(5)15/h1,3,5-8,13-15,17H,2,9H2/t3?,5?,6-,7?,8+/m0/s1. The minimum Gasteiger partial charge on any atom is -0.394 e. The maximum absolute atomic E-state index is 9.97. The molecule has 3 unspecified atom stereocenters. The van der Waals surface area contributed by atoms with E-state index in [0.29, 0.717) is 0 Å². The number of hydrogen-bond donors (Lipinski definition) is 5. The molecular formula is C8H14N4O4S. The van der Waals surface area contributed by atoms with Crippen molar-refractivity contribution in [2.45, 2.75) is 29.8 Å². The Hall–Kier alpha value is -0.870. The molecule has 0 spiro atoms. The van der Waals surface area contributed by atoms with Crippen LogP contribution in [0.2, 0.25) is 0 Å². The summed E-state index contributed by atoms with van der Waals surface area (Å²) in [5, 5.41) is 36.2. The number of rotatable bonds is 2. The van der Waals surface area contributed by atoms with Gasteiger partial charge in [-0.15, -0.1) is 17.7 Å². The maximum Gasteiger partial charge on any atom is 0.165 e. The normalized spacial score (nSPS) is 38.2. The molecule has 1 aliphatic rings. The van der Waals surface area contributed by atoms with Crippen LogP contribution >= 0.6 is 12.6 Å². The number of hydrogen-bond acceptors (Lipinski definition) is 8. The summed E-state index contributed by atoms with van der Waals surface area (Å²) in [5.74, 6) is 0.173. The van der Waals surface area contributed by atoms with Crippen LogP contribution < -0.4 is 5.73 Å². The summed E-state index contributed by atoms with van der Waals surface area (Å²) in [6.07, 6.45) is -1.66. The van der Waals surface area contributed by atoms with Crippen LogP contribution in [0.4, 0.5) is 5.82 Å². The zero-order valence-electron chi connectivity index (χ0n) is 8.79. The summed E-state index contributed by atoms with van der Waals surface area (Å²) in [6, 6.07) is -0.812. The molecule has 0 aromatic carbocycles. The molecule has 1 fully saturated rings. The lowest BCUT2D eigenvalue weighted by Gasteiger charge is -2.40. The number of thiol groups is 1. The topological polar surface area (TPSA) is 127 Å². The summed E-state index contributed by atoms with van der Waals surface area (Å²) < 4.78 is 6.39. The van der Waals surface area contributed by atoms with Gasteiger partial charge in [-0.2, -0.15) is 0 Å². The van der Waals surface area contributed by atoms with Crippen LogP contribution in [0, 0.1) is 0 Å². The number of aliphatic hydroxyl groups is 3. The van der Waals surface area contributed by atoms with Crippen LogP contribution in [0.15, 0.2) is 6.20 Å². The van der Waals surface area contributed by atoms with Crippen molar-refractivity contribution in [1.29, 1.82) is 0 Å². The number of nitrogen functional groups attached to an aromatic ring is 1. The molecule has 1 aliphatic heterocycles. The highest BCUT2D eigenvalue weighted by Crippen LogP contribution is 2.31. The lowest BCUT2D eigenvalue weighted by Crippen LogP contribution is -2.54. The van der Waals surface area contributed by atoms with Crippen LogP contribution in [0.25, 0.3) is 0 Å². The molecule has 0 aliphatic carbocycles. The quantitative estimate of drug-likeness (QED) is 0.382. The zero-order chi connectivity index (χ0) is 12.6. The first-order chi connectivity index (χ1) is 8.04. The van der Waals surface area contributed by atoms with Gasteiger partial charge in [0.15, 0.2) is 5.82 Å². The maximum atomic E-state index is 9.97. The molecule has 17 heavy (non-hydrogen) atoms. The Morgan fingerprint density at radius 3 is 2.71 bits per heavy atom. The van der Waals surface area contributed by atoms with Crippen molar-refractivity contribution in [2.75, 3.05) is 12.3 Å². The molecular weight excluding hydrogens is 248 g/mol. The van der Waals surface area contributed by atoms with Crippen LogP contribution in [0.3, 0.4) is 0 Å². The van der Waals surface area contributed by atoms with Gasteiger partial charge in [0.1, 0.15) is 29.8 Å². The molecule has 5 atom stereocenters. The van der Waals surface area contributed by atoms with Crippen molar-refractivity contribution in [2.24, 2.45) is 0 Å². The van der Waals surface area contributed by atoms with E-state index in [4.69, 9.17) is 15.6 Å². The first-order valence-electron chi connectivity index (χ1n) is 5.02. The fourth-order valence-corrected chi connectivity index (χ4v) is 2.16. The lowest BCUT2D eigenvalue weighted by atomic mass is 9.97. The van der Waals surface area contributed by atoms with Gasteiger partial charge in [0, 0.05) is 0 Å². The van der Waals surface area contributed by atoms with Crippen molar-refractivity contribution in [3.8, 4) is 0 Å². The molecule has 0 bridgehead atoms. The highest BCUT2D eigenvalue weighted by atomic mass is 32.1. The predicted octanol–water partition coefficient (Wildman–Crippen LogP) is -2.23. The van der Waals surface area contributed by atoms with E-state index in [9.17, 15) is 10.2 Å². The van der Waals surface area contributed by atoms with Crippen molar-refractivity contribution in [1.82, 2.24) is 15.0 Å². The van der Waals surface area contributed by atoms with Gasteiger partial charge in [-0.1, -0.05) is 5.21 Å². The molecule has 8 nitrogen and oxygen atoms in total. The molecule has 0 amide bonds. The molecule has 2 heterocycles. The van der Waals surface area contributed by atoms with Gasteiger partial charge in [-0.25, -0.2) is 4.68 Å². The SMILES string of the molecule is Nc1cn(C2C(O)[C@@H](S)OC(CO)[C@@H]2O)nn1. The van der Waals surface area contributed by atoms with Crippen LogP contribution in [-0.4, -0.2) is 60.7 Å². The van der Waals surface area contributed by atoms with Crippen molar-refractivity contribution < 1.29 is 20.1 Å². The summed E-state index contributed by atoms with van der Waals surface area (Å²) in [6.45, 7) is -0.383. The van der Waals surface area contributed by atoms with E-state index in [1.165, 1.54) is 10.9 Å². The lowest BCUT2D eigenvalue weighted by molar-refractivity contribution is -0.178. The molecule has 1 aromatic heterocycles. The summed E-state index contributed by atoms with van der Waals surface area (Å²) in [7, 11) is 0. The monoisotopic (exact) mass is 262 g/mol. The first kappa shape index (κ1) is 12.6.